The zero-order valence-electron chi connectivity index (χ0n) is 15.6. The van der Waals surface area contributed by atoms with Crippen molar-refractivity contribution in [1.29, 1.82) is 0 Å². The third-order valence-electron chi connectivity index (χ3n) is 4.13. The molecule has 2 aromatic heterocycles. The Morgan fingerprint density at radius 3 is 2.81 bits per heavy atom. The van der Waals surface area contributed by atoms with E-state index in [-0.39, 0.29) is 12.6 Å². The fourth-order valence-electron chi connectivity index (χ4n) is 2.60. The van der Waals surface area contributed by atoms with E-state index in [2.05, 4.69) is 10.2 Å². The van der Waals surface area contributed by atoms with Crippen molar-refractivity contribution >= 4 is 17.5 Å². The maximum atomic E-state index is 12.6. The van der Waals surface area contributed by atoms with E-state index in [0.29, 0.717) is 23.0 Å². The summed E-state index contributed by atoms with van der Waals surface area (Å²) < 4.78 is 9.11. The van der Waals surface area contributed by atoms with Gasteiger partial charge < -0.3 is 9.64 Å². The van der Waals surface area contributed by atoms with Crippen molar-refractivity contribution in [3.63, 3.8) is 0 Å². The lowest BCUT2D eigenvalue weighted by molar-refractivity contribution is 0.0777. The summed E-state index contributed by atoms with van der Waals surface area (Å²) in [7, 11) is 1.75. The first-order valence-electron chi connectivity index (χ1n) is 8.65. The topological polar surface area (TPSA) is 65.2 Å². The monoisotopic (exact) mass is 387 g/mol. The maximum Gasteiger partial charge on any atom is 0.274 e. The van der Waals surface area contributed by atoms with Crippen molar-refractivity contribution in [2.45, 2.75) is 33.7 Å². The average molecular weight is 388 g/mol. The lowest BCUT2D eigenvalue weighted by atomic mass is 10.2. The molecule has 0 radical (unpaired) electrons. The zero-order chi connectivity index (χ0) is 19.4. The van der Waals surface area contributed by atoms with E-state index in [0.717, 1.165) is 17.7 Å². The van der Waals surface area contributed by atoms with Crippen LogP contribution in [0.15, 0.2) is 42.9 Å². The molecule has 0 unspecified atom stereocenters. The molecule has 8 heteroatoms. The van der Waals surface area contributed by atoms with E-state index in [9.17, 15) is 4.79 Å². The number of nitrogens with zero attached hydrogens (tertiary/aromatic N) is 5. The Hall–Kier alpha value is -2.80. The summed E-state index contributed by atoms with van der Waals surface area (Å²) in [5, 5.41) is 9.22. The molecule has 2 heterocycles. The summed E-state index contributed by atoms with van der Waals surface area (Å²) >= 11 is 6.01. The second-order valence-corrected chi connectivity index (χ2v) is 6.70. The van der Waals surface area contributed by atoms with Gasteiger partial charge in [-0.2, -0.15) is 10.2 Å². The molecule has 0 N–H and O–H groups in total. The zero-order valence-corrected chi connectivity index (χ0v) is 16.3. The van der Waals surface area contributed by atoms with Crippen LogP contribution in [0.5, 0.6) is 5.75 Å². The second kappa shape index (κ2) is 8.26. The molecule has 0 aliphatic rings. The third kappa shape index (κ3) is 4.68. The van der Waals surface area contributed by atoms with E-state index in [4.69, 9.17) is 16.3 Å². The standard InChI is InChI=1S/C19H22ClN5O2/c1-4-24-12-15(10-21-24)11-23(3)19(26)18-7-8-25(22-18)13-27-16-5-6-17(20)14(2)9-16/h5-10,12H,4,11,13H2,1-3H3. The van der Waals surface area contributed by atoms with Crippen LogP contribution in [-0.2, 0) is 19.8 Å². The molecule has 0 aliphatic carbocycles. The van der Waals surface area contributed by atoms with Gasteiger partial charge in [0.15, 0.2) is 12.4 Å². The van der Waals surface area contributed by atoms with E-state index >= 15 is 0 Å². The third-order valence-corrected chi connectivity index (χ3v) is 4.55. The van der Waals surface area contributed by atoms with Crippen LogP contribution >= 0.6 is 11.6 Å². The molecular weight excluding hydrogens is 366 g/mol. The fraction of sp³-hybridized carbons (Fsp3) is 0.316. The quantitative estimate of drug-likeness (QED) is 0.623. The minimum absolute atomic E-state index is 0.152. The predicted molar refractivity (Wildman–Crippen MR) is 103 cm³/mol. The minimum Gasteiger partial charge on any atom is -0.471 e. The lowest BCUT2D eigenvalue weighted by Crippen LogP contribution is -2.26. The van der Waals surface area contributed by atoms with Gasteiger partial charge in [-0.05, 0) is 43.7 Å². The first-order chi connectivity index (χ1) is 13.0. The number of hydrogen-bond donors (Lipinski definition) is 0. The Kier molecular flexibility index (Phi) is 5.81. The van der Waals surface area contributed by atoms with Crippen LogP contribution in [0.1, 0.15) is 28.5 Å². The van der Waals surface area contributed by atoms with E-state index < -0.39 is 0 Å². The number of halogens is 1. The number of aryl methyl sites for hydroxylation is 2. The molecule has 0 spiro atoms. The summed E-state index contributed by atoms with van der Waals surface area (Å²) in [6, 6.07) is 7.14. The van der Waals surface area contributed by atoms with Gasteiger partial charge in [0.1, 0.15) is 5.75 Å². The largest absolute Gasteiger partial charge is 0.471 e. The van der Waals surface area contributed by atoms with Gasteiger partial charge in [0.05, 0.1) is 6.20 Å². The van der Waals surface area contributed by atoms with E-state index in [1.54, 1.807) is 47.2 Å². The molecule has 1 aromatic carbocycles. The van der Waals surface area contributed by atoms with Crippen LogP contribution < -0.4 is 4.74 Å². The molecule has 1 amide bonds. The first-order valence-corrected chi connectivity index (χ1v) is 9.03. The van der Waals surface area contributed by atoms with Gasteiger partial charge >= 0.3 is 0 Å². The summed E-state index contributed by atoms with van der Waals surface area (Å²) in [4.78, 5) is 14.2. The summed E-state index contributed by atoms with van der Waals surface area (Å²) in [6.07, 6.45) is 5.43. The van der Waals surface area contributed by atoms with E-state index in [1.807, 2.05) is 30.8 Å². The highest BCUT2D eigenvalue weighted by Crippen LogP contribution is 2.21. The van der Waals surface area contributed by atoms with Crippen LogP contribution in [-0.4, -0.2) is 37.4 Å². The molecule has 0 atom stereocenters. The van der Waals surface area contributed by atoms with Gasteiger partial charge in [0.2, 0.25) is 0 Å². The van der Waals surface area contributed by atoms with Crippen LogP contribution in [0.2, 0.25) is 5.02 Å². The van der Waals surface area contributed by atoms with Crippen molar-refractivity contribution in [3.8, 4) is 5.75 Å². The molecule has 7 nitrogen and oxygen atoms in total. The van der Waals surface area contributed by atoms with Crippen molar-refractivity contribution in [2.24, 2.45) is 0 Å². The smallest absolute Gasteiger partial charge is 0.274 e. The van der Waals surface area contributed by atoms with Gasteiger partial charge in [0.25, 0.3) is 5.91 Å². The molecule has 3 rings (SSSR count). The van der Waals surface area contributed by atoms with Gasteiger partial charge in [-0.15, -0.1) is 0 Å². The number of aromatic nitrogens is 4. The number of hydrogen-bond acceptors (Lipinski definition) is 4. The van der Waals surface area contributed by atoms with Crippen LogP contribution in [0.4, 0.5) is 0 Å². The summed E-state index contributed by atoms with van der Waals surface area (Å²) in [5.74, 6) is 0.547. The normalized spacial score (nSPS) is 10.8. The number of carbonyl (C=O) groups excluding carboxylic acids is 1. The van der Waals surface area contributed by atoms with Gasteiger partial charge in [-0.1, -0.05) is 11.6 Å². The molecule has 0 saturated carbocycles. The van der Waals surface area contributed by atoms with Crippen molar-refractivity contribution < 1.29 is 9.53 Å². The molecule has 3 aromatic rings. The van der Waals surface area contributed by atoms with Gasteiger partial charge in [-0.25, -0.2) is 4.68 Å². The minimum atomic E-state index is -0.152. The highest BCUT2D eigenvalue weighted by Gasteiger charge is 2.16. The molecule has 27 heavy (non-hydrogen) atoms. The number of carbonyl (C=O) groups is 1. The number of ether oxygens (including phenoxy) is 1. The SMILES string of the molecule is CCn1cc(CN(C)C(=O)c2ccn(COc3ccc(Cl)c(C)c3)n2)cn1. The molecule has 0 saturated heterocycles. The fourth-order valence-corrected chi connectivity index (χ4v) is 2.72. The van der Waals surface area contributed by atoms with Crippen LogP contribution in [0, 0.1) is 6.92 Å². The molecule has 0 bridgehead atoms. The van der Waals surface area contributed by atoms with Crippen molar-refractivity contribution in [1.82, 2.24) is 24.5 Å². The molecule has 142 valence electrons. The summed E-state index contributed by atoms with van der Waals surface area (Å²) in [6.45, 7) is 5.43. The van der Waals surface area contributed by atoms with Gasteiger partial charge in [-0.3, -0.25) is 9.48 Å². The Labute approximate surface area is 163 Å². The Bertz CT molecular complexity index is 934. The molecule has 0 aliphatic heterocycles. The summed E-state index contributed by atoms with van der Waals surface area (Å²) in [5.41, 5.74) is 2.29. The molecule has 0 fully saturated rings. The average Bonchev–Trinajstić information content (AvgIpc) is 3.31. The number of benzene rings is 1. The first kappa shape index (κ1) is 19.0. The second-order valence-electron chi connectivity index (χ2n) is 6.29. The number of rotatable bonds is 7. The number of amides is 1. The van der Waals surface area contributed by atoms with Crippen LogP contribution in [0.25, 0.3) is 0 Å². The van der Waals surface area contributed by atoms with Crippen LogP contribution in [0.3, 0.4) is 0 Å². The van der Waals surface area contributed by atoms with Gasteiger partial charge in [0, 0.05) is 43.1 Å². The highest BCUT2D eigenvalue weighted by molar-refractivity contribution is 6.31. The lowest BCUT2D eigenvalue weighted by Gasteiger charge is -2.14. The highest BCUT2D eigenvalue weighted by atomic mass is 35.5. The predicted octanol–water partition coefficient (Wildman–Crippen LogP) is 3.37. The van der Waals surface area contributed by atoms with E-state index in [1.165, 1.54) is 0 Å². The van der Waals surface area contributed by atoms with Crippen molar-refractivity contribution in [2.75, 3.05) is 7.05 Å². The molecular formula is C19H22ClN5O2. The Balaban J connectivity index is 1.58. The van der Waals surface area contributed by atoms with Crippen molar-refractivity contribution in [3.05, 3.63) is 64.7 Å². The maximum absolute atomic E-state index is 12.6. The Morgan fingerprint density at radius 1 is 1.30 bits per heavy atom. The Morgan fingerprint density at radius 2 is 2.11 bits per heavy atom.